The molecule has 0 radical (unpaired) electrons. The van der Waals surface area contributed by atoms with Crippen LogP contribution in [0.25, 0.3) is 116 Å². The fraction of sp³-hybridized carbons (Fsp3) is 0. The minimum absolute atomic E-state index is 0.595. The van der Waals surface area contributed by atoms with E-state index in [0.717, 1.165) is 55.4 Å². The van der Waals surface area contributed by atoms with Crippen molar-refractivity contribution >= 4 is 65.3 Å². The van der Waals surface area contributed by atoms with E-state index in [1.165, 1.54) is 43.4 Å². The Balaban J connectivity index is 1.03. The van der Waals surface area contributed by atoms with Gasteiger partial charge in [0.1, 0.15) is 11.2 Å². The molecule has 0 saturated heterocycles. The van der Waals surface area contributed by atoms with Crippen LogP contribution in [0.3, 0.4) is 0 Å². The molecule has 0 spiro atoms. The Labute approximate surface area is 333 Å². The zero-order chi connectivity index (χ0) is 38.2. The molecule has 270 valence electrons. The SMILES string of the molecule is c1ccc(-c2nc(-c3ccccc3-c3ccc(-n4c5cc6ccccc6cc5c5c6ccccc6ccc54)cc3)nc(-c3cccc4oc5ccccc5c34)n2)cc1. The lowest BCUT2D eigenvalue weighted by atomic mass is 9.98. The van der Waals surface area contributed by atoms with Crippen molar-refractivity contribution in [2.24, 2.45) is 0 Å². The first-order valence-corrected chi connectivity index (χ1v) is 19.5. The highest BCUT2D eigenvalue weighted by molar-refractivity contribution is 6.23. The minimum Gasteiger partial charge on any atom is -0.456 e. The van der Waals surface area contributed by atoms with Gasteiger partial charge in [0, 0.05) is 43.9 Å². The summed E-state index contributed by atoms with van der Waals surface area (Å²) in [6.45, 7) is 0. The number of furan rings is 1. The van der Waals surface area contributed by atoms with Crippen LogP contribution < -0.4 is 0 Å². The van der Waals surface area contributed by atoms with Gasteiger partial charge >= 0.3 is 0 Å². The van der Waals surface area contributed by atoms with E-state index in [2.05, 4.69) is 138 Å². The van der Waals surface area contributed by atoms with Gasteiger partial charge in [-0.2, -0.15) is 0 Å². The molecule has 0 aliphatic heterocycles. The molecule has 3 aromatic heterocycles. The molecule has 9 aromatic carbocycles. The lowest BCUT2D eigenvalue weighted by molar-refractivity contribution is 0.669. The number of aromatic nitrogens is 4. The van der Waals surface area contributed by atoms with Gasteiger partial charge in [0.05, 0.1) is 11.0 Å². The first-order chi connectivity index (χ1) is 28.7. The molecular formula is C53H32N4O. The van der Waals surface area contributed by atoms with Gasteiger partial charge in [-0.25, -0.2) is 15.0 Å². The van der Waals surface area contributed by atoms with Crippen LogP contribution in [0.1, 0.15) is 0 Å². The molecule has 0 aliphatic carbocycles. The Morgan fingerprint density at radius 2 is 0.966 bits per heavy atom. The second-order valence-electron chi connectivity index (χ2n) is 14.8. The number of rotatable bonds is 5. The zero-order valence-corrected chi connectivity index (χ0v) is 31.2. The van der Waals surface area contributed by atoms with Crippen molar-refractivity contribution < 1.29 is 4.42 Å². The molecule has 0 saturated carbocycles. The molecule has 58 heavy (non-hydrogen) atoms. The lowest BCUT2D eigenvalue weighted by Gasteiger charge is -2.13. The van der Waals surface area contributed by atoms with Gasteiger partial charge in [-0.15, -0.1) is 0 Å². The fourth-order valence-electron chi connectivity index (χ4n) is 8.76. The van der Waals surface area contributed by atoms with Gasteiger partial charge in [-0.3, -0.25) is 0 Å². The van der Waals surface area contributed by atoms with Gasteiger partial charge in [0.2, 0.25) is 0 Å². The first-order valence-electron chi connectivity index (χ1n) is 19.5. The Kier molecular flexibility index (Phi) is 7.16. The summed E-state index contributed by atoms with van der Waals surface area (Å²) in [5.74, 6) is 1.81. The Hall–Kier alpha value is -7.89. The highest BCUT2D eigenvalue weighted by Gasteiger charge is 2.20. The van der Waals surface area contributed by atoms with Crippen molar-refractivity contribution in [1.29, 1.82) is 0 Å². The molecule has 5 heteroatoms. The van der Waals surface area contributed by atoms with Crippen LogP contribution in [0, 0.1) is 0 Å². The smallest absolute Gasteiger partial charge is 0.164 e. The van der Waals surface area contributed by atoms with Crippen molar-refractivity contribution in [3.05, 3.63) is 194 Å². The van der Waals surface area contributed by atoms with E-state index in [0.29, 0.717) is 17.5 Å². The van der Waals surface area contributed by atoms with Gasteiger partial charge in [0.25, 0.3) is 0 Å². The van der Waals surface area contributed by atoms with E-state index in [-0.39, 0.29) is 0 Å². The first kappa shape index (κ1) is 32.4. The monoisotopic (exact) mass is 740 g/mol. The summed E-state index contributed by atoms with van der Waals surface area (Å²) in [6.07, 6.45) is 0. The molecule has 12 rings (SSSR count). The van der Waals surface area contributed by atoms with Crippen LogP contribution in [0.15, 0.2) is 199 Å². The average molecular weight is 741 g/mol. The molecule has 12 aromatic rings. The normalized spacial score (nSPS) is 11.8. The number of benzene rings is 9. The van der Waals surface area contributed by atoms with Crippen LogP contribution in [-0.4, -0.2) is 19.5 Å². The third-order valence-electron chi connectivity index (χ3n) is 11.4. The maximum atomic E-state index is 6.27. The third kappa shape index (κ3) is 5.07. The van der Waals surface area contributed by atoms with Crippen molar-refractivity contribution in [1.82, 2.24) is 19.5 Å². The van der Waals surface area contributed by atoms with Crippen molar-refractivity contribution in [3.63, 3.8) is 0 Å². The highest BCUT2D eigenvalue weighted by Crippen LogP contribution is 2.41. The molecule has 3 heterocycles. The summed E-state index contributed by atoms with van der Waals surface area (Å²) in [5.41, 5.74) is 9.95. The maximum Gasteiger partial charge on any atom is 0.164 e. The van der Waals surface area contributed by atoms with Gasteiger partial charge in [-0.05, 0) is 75.1 Å². The summed E-state index contributed by atoms with van der Waals surface area (Å²) in [6, 6.07) is 68.1. The predicted molar refractivity (Wildman–Crippen MR) is 238 cm³/mol. The highest BCUT2D eigenvalue weighted by atomic mass is 16.3. The quantitative estimate of drug-likeness (QED) is 0.176. The molecule has 0 aliphatic rings. The van der Waals surface area contributed by atoms with E-state index in [1.54, 1.807) is 0 Å². The summed E-state index contributed by atoms with van der Waals surface area (Å²) in [4.78, 5) is 15.5. The summed E-state index contributed by atoms with van der Waals surface area (Å²) in [7, 11) is 0. The second-order valence-corrected chi connectivity index (χ2v) is 14.8. The molecule has 0 fully saturated rings. The number of nitrogens with zero attached hydrogens (tertiary/aromatic N) is 4. The Morgan fingerprint density at radius 1 is 0.345 bits per heavy atom. The third-order valence-corrected chi connectivity index (χ3v) is 11.4. The lowest BCUT2D eigenvalue weighted by Crippen LogP contribution is -2.01. The zero-order valence-electron chi connectivity index (χ0n) is 31.2. The molecular weight excluding hydrogens is 709 g/mol. The Bertz CT molecular complexity index is 3560. The van der Waals surface area contributed by atoms with E-state index >= 15 is 0 Å². The van der Waals surface area contributed by atoms with Crippen molar-refractivity contribution in [2.45, 2.75) is 0 Å². The fourth-order valence-corrected chi connectivity index (χ4v) is 8.76. The van der Waals surface area contributed by atoms with Gasteiger partial charge in [0.15, 0.2) is 17.5 Å². The van der Waals surface area contributed by atoms with E-state index in [9.17, 15) is 0 Å². The summed E-state index contributed by atoms with van der Waals surface area (Å²) in [5, 5.41) is 9.49. The topological polar surface area (TPSA) is 56.7 Å². The summed E-state index contributed by atoms with van der Waals surface area (Å²) >= 11 is 0. The van der Waals surface area contributed by atoms with Crippen LogP contribution in [-0.2, 0) is 0 Å². The number of hydrogen-bond donors (Lipinski definition) is 0. The van der Waals surface area contributed by atoms with Crippen LogP contribution in [0.5, 0.6) is 0 Å². The van der Waals surface area contributed by atoms with Crippen LogP contribution in [0.2, 0.25) is 0 Å². The number of para-hydroxylation sites is 1. The van der Waals surface area contributed by atoms with Crippen LogP contribution >= 0.6 is 0 Å². The average Bonchev–Trinajstić information content (AvgIpc) is 3.84. The largest absolute Gasteiger partial charge is 0.456 e. The van der Waals surface area contributed by atoms with Crippen molar-refractivity contribution in [2.75, 3.05) is 0 Å². The summed E-state index contributed by atoms with van der Waals surface area (Å²) < 4.78 is 8.68. The minimum atomic E-state index is 0.595. The predicted octanol–water partition coefficient (Wildman–Crippen LogP) is 13.8. The molecule has 5 nitrogen and oxygen atoms in total. The standard InChI is InChI=1S/C53H32N4O/c1-2-14-35(15-3-1)51-54-52(56-53(55-51)43-22-12-24-48-50(43)42-21-10-11-23-47(42)58-48)41-20-9-8-18-39(41)34-25-28-38(29-26-34)57-45-30-27-33-13-6-7-19-40(33)49(45)44-31-36-16-4-5-17-37(36)32-46(44)57/h1-32H. The van der Waals surface area contributed by atoms with Gasteiger partial charge < -0.3 is 8.98 Å². The molecule has 0 unspecified atom stereocenters. The van der Waals surface area contributed by atoms with Crippen LogP contribution in [0.4, 0.5) is 0 Å². The Morgan fingerprint density at radius 3 is 1.79 bits per heavy atom. The van der Waals surface area contributed by atoms with E-state index < -0.39 is 0 Å². The maximum absolute atomic E-state index is 6.27. The molecule has 0 N–H and O–H groups in total. The van der Waals surface area contributed by atoms with E-state index in [1.807, 2.05) is 60.7 Å². The number of fused-ring (bicyclic) bond motifs is 9. The second kappa shape index (κ2) is 12.8. The van der Waals surface area contributed by atoms with E-state index in [4.69, 9.17) is 19.4 Å². The molecule has 0 amide bonds. The van der Waals surface area contributed by atoms with Crippen molar-refractivity contribution in [3.8, 4) is 51.0 Å². The number of hydrogen-bond acceptors (Lipinski definition) is 4. The molecule has 0 bridgehead atoms. The molecule has 0 atom stereocenters. The van der Waals surface area contributed by atoms with Gasteiger partial charge in [-0.1, -0.05) is 152 Å².